The van der Waals surface area contributed by atoms with Gasteiger partial charge in [-0.2, -0.15) is 0 Å². The highest BCUT2D eigenvalue weighted by Crippen LogP contribution is 2.45. The zero-order valence-electron chi connectivity index (χ0n) is 22.5. The van der Waals surface area contributed by atoms with E-state index in [2.05, 4.69) is 0 Å². The minimum Gasteiger partial charge on any atom is -0.504 e. The van der Waals surface area contributed by atoms with Crippen molar-refractivity contribution >= 4 is 11.0 Å². The molecular weight excluding hydrogens is 596 g/mol. The Kier molecular flexibility index (Phi) is 8.87. The van der Waals surface area contributed by atoms with Crippen molar-refractivity contribution in [2.45, 2.75) is 61.4 Å². The van der Waals surface area contributed by atoms with Crippen LogP contribution in [-0.4, -0.2) is 136 Å². The summed E-state index contributed by atoms with van der Waals surface area (Å²) in [6, 6.07) is 5.50. The number of ether oxygens (including phenoxy) is 4. The molecule has 0 spiro atoms. The van der Waals surface area contributed by atoms with Crippen molar-refractivity contribution in [2.75, 3.05) is 13.2 Å². The molecule has 0 radical (unpaired) electrons. The van der Waals surface area contributed by atoms with Gasteiger partial charge in [-0.1, -0.05) is 0 Å². The molecule has 2 fully saturated rings. The fourth-order valence-electron chi connectivity index (χ4n) is 4.83. The topological polar surface area (TPSA) is 291 Å². The van der Waals surface area contributed by atoms with Gasteiger partial charge >= 0.3 is 11.3 Å². The SMILES string of the molecule is OC[C@@H]1O[C@H](Oc2cc3cc(O[C@@H]4O[C@H](CO)[C@@H](O)[C@@H](O)[C@H]4O)c(O)cc3[o+]c2-c2cc(O)c(O)c(O)c2)[C@H](O)[C@@H](O)[C@H]1O. The van der Waals surface area contributed by atoms with E-state index in [-0.39, 0.29) is 33.8 Å². The number of aromatic hydroxyl groups is 4. The normalized spacial score (nSPS) is 32.5. The maximum atomic E-state index is 10.7. The number of benzene rings is 2. The maximum absolute atomic E-state index is 10.7. The van der Waals surface area contributed by atoms with E-state index in [4.69, 9.17) is 23.4 Å². The Morgan fingerprint density at radius 3 is 1.57 bits per heavy atom. The van der Waals surface area contributed by atoms with Crippen LogP contribution in [0.15, 0.2) is 34.7 Å². The van der Waals surface area contributed by atoms with Crippen LogP contribution in [-0.2, 0) is 9.47 Å². The van der Waals surface area contributed by atoms with Crippen molar-refractivity contribution in [3.05, 3.63) is 30.3 Å². The Bertz CT molecular complexity index is 1470. The van der Waals surface area contributed by atoms with Crippen molar-refractivity contribution in [3.63, 3.8) is 0 Å². The van der Waals surface area contributed by atoms with Crippen LogP contribution in [0.5, 0.6) is 34.5 Å². The summed E-state index contributed by atoms with van der Waals surface area (Å²) >= 11 is 0. The van der Waals surface area contributed by atoms with Crippen LogP contribution in [0.2, 0.25) is 0 Å². The maximum Gasteiger partial charge on any atom is 0.402 e. The lowest BCUT2D eigenvalue weighted by Gasteiger charge is -2.39. The van der Waals surface area contributed by atoms with Gasteiger partial charge in [0.25, 0.3) is 0 Å². The fourth-order valence-corrected chi connectivity index (χ4v) is 4.83. The molecule has 2 aliphatic rings. The predicted molar refractivity (Wildman–Crippen MR) is 142 cm³/mol. The minimum absolute atomic E-state index is 0.0631. The molecule has 17 heteroatoms. The molecule has 5 rings (SSSR count). The summed E-state index contributed by atoms with van der Waals surface area (Å²) in [5, 5.41) is 121. The summed E-state index contributed by atoms with van der Waals surface area (Å²) in [6.07, 6.45) is -16.5. The average Bonchev–Trinajstić information content (AvgIpc) is 3.00. The predicted octanol–water partition coefficient (Wildman–Crippen LogP) is -2.44. The van der Waals surface area contributed by atoms with E-state index in [0.29, 0.717) is 0 Å². The van der Waals surface area contributed by atoms with Gasteiger partial charge in [-0.3, -0.25) is 0 Å². The van der Waals surface area contributed by atoms with Crippen molar-refractivity contribution < 1.29 is 84.6 Å². The average molecular weight is 628 g/mol. The number of phenolic OH excluding ortho intramolecular Hbond substituents is 4. The Morgan fingerprint density at radius 1 is 0.591 bits per heavy atom. The van der Waals surface area contributed by atoms with Crippen molar-refractivity contribution in [3.8, 4) is 45.8 Å². The molecule has 240 valence electrons. The van der Waals surface area contributed by atoms with Crippen molar-refractivity contribution in [1.82, 2.24) is 0 Å². The number of fused-ring (bicyclic) bond motifs is 1. The first-order chi connectivity index (χ1) is 20.8. The molecule has 0 saturated carbocycles. The first-order valence-corrected chi connectivity index (χ1v) is 13.2. The van der Waals surface area contributed by atoms with E-state index in [9.17, 15) is 61.3 Å². The standard InChI is InChI=1S/C27H30O17/c28-6-16-19(34)21(36)23(38)26(43-16)41-14-3-8-4-15(42-27-24(39)22(37)20(35)17(7-29)44-27)25(40-13(8)5-10(14)30)9-1-11(31)18(33)12(32)2-9/h1-5,16-17,19-24,26-29,34-39H,6-7H2,(H3-,30,31,32,33)/p+1/t16-,17+,19-,20+,21-,22+,23-,24-,26-,27+/m1/s1. The number of phenols is 4. The molecule has 2 saturated heterocycles. The number of aliphatic hydroxyl groups excluding tert-OH is 8. The number of rotatable bonds is 7. The van der Waals surface area contributed by atoms with Gasteiger partial charge in [0, 0.05) is 24.3 Å². The second kappa shape index (κ2) is 12.3. The number of aliphatic hydroxyl groups is 8. The van der Waals surface area contributed by atoms with Gasteiger partial charge < -0.3 is 80.2 Å². The molecule has 0 aliphatic carbocycles. The van der Waals surface area contributed by atoms with Gasteiger partial charge in [0.1, 0.15) is 48.8 Å². The van der Waals surface area contributed by atoms with Gasteiger partial charge in [0.05, 0.1) is 30.2 Å². The van der Waals surface area contributed by atoms with Crippen LogP contribution < -0.4 is 9.47 Å². The lowest BCUT2D eigenvalue weighted by Crippen LogP contribution is -2.60. The Balaban J connectivity index is 1.57. The van der Waals surface area contributed by atoms with Gasteiger partial charge in [-0.05, 0) is 0 Å². The molecule has 3 heterocycles. The van der Waals surface area contributed by atoms with E-state index in [0.717, 1.165) is 18.2 Å². The minimum atomic E-state index is -1.84. The second-order valence-corrected chi connectivity index (χ2v) is 10.3. The first-order valence-electron chi connectivity index (χ1n) is 13.2. The lowest BCUT2D eigenvalue weighted by atomic mass is 9.99. The highest BCUT2D eigenvalue weighted by molar-refractivity contribution is 5.85. The summed E-state index contributed by atoms with van der Waals surface area (Å²) in [5.41, 5.74) is -0.146. The summed E-state index contributed by atoms with van der Waals surface area (Å²) in [5.74, 6) is -3.77. The number of hydrogen-bond donors (Lipinski definition) is 12. The van der Waals surface area contributed by atoms with E-state index in [1.807, 2.05) is 0 Å². The summed E-state index contributed by atoms with van der Waals surface area (Å²) in [6.45, 7) is -1.48. The third kappa shape index (κ3) is 5.73. The third-order valence-corrected chi connectivity index (χ3v) is 7.33. The molecule has 12 N–H and O–H groups in total. The van der Waals surface area contributed by atoms with E-state index in [1.54, 1.807) is 0 Å². The lowest BCUT2D eigenvalue weighted by molar-refractivity contribution is -0.277. The van der Waals surface area contributed by atoms with Crippen molar-refractivity contribution in [1.29, 1.82) is 0 Å². The largest absolute Gasteiger partial charge is 0.504 e. The molecule has 17 nitrogen and oxygen atoms in total. The van der Waals surface area contributed by atoms with E-state index < -0.39 is 97.6 Å². The van der Waals surface area contributed by atoms with Crippen LogP contribution >= 0.6 is 0 Å². The highest BCUT2D eigenvalue weighted by Gasteiger charge is 2.47. The molecule has 0 bridgehead atoms. The van der Waals surface area contributed by atoms with Crippen LogP contribution in [0.1, 0.15) is 0 Å². The second-order valence-electron chi connectivity index (χ2n) is 10.3. The van der Waals surface area contributed by atoms with Crippen LogP contribution in [0.4, 0.5) is 0 Å². The zero-order valence-corrected chi connectivity index (χ0v) is 22.5. The fraction of sp³-hybridized carbons (Fsp3) is 0.444. The highest BCUT2D eigenvalue weighted by atomic mass is 16.7. The van der Waals surface area contributed by atoms with Crippen molar-refractivity contribution in [2.24, 2.45) is 0 Å². The van der Waals surface area contributed by atoms with E-state index >= 15 is 0 Å². The first kappa shape index (κ1) is 31.7. The Morgan fingerprint density at radius 2 is 1.07 bits per heavy atom. The molecule has 3 aromatic rings. The monoisotopic (exact) mass is 627 g/mol. The zero-order chi connectivity index (χ0) is 32.0. The molecule has 2 aromatic carbocycles. The molecule has 2 aliphatic heterocycles. The van der Waals surface area contributed by atoms with Crippen LogP contribution in [0.3, 0.4) is 0 Å². The quantitative estimate of drug-likeness (QED) is 0.0956. The third-order valence-electron chi connectivity index (χ3n) is 7.33. The molecule has 0 amide bonds. The van der Waals surface area contributed by atoms with E-state index in [1.165, 1.54) is 12.1 Å². The molecule has 10 atom stereocenters. The smallest absolute Gasteiger partial charge is 0.402 e. The molecule has 44 heavy (non-hydrogen) atoms. The van der Waals surface area contributed by atoms with Crippen LogP contribution in [0, 0.1) is 0 Å². The summed E-state index contributed by atoms with van der Waals surface area (Å²) in [7, 11) is 0. The summed E-state index contributed by atoms with van der Waals surface area (Å²) < 4.78 is 27.9. The number of hydrogen-bond acceptors (Lipinski definition) is 16. The molecule has 1 aromatic heterocycles. The summed E-state index contributed by atoms with van der Waals surface area (Å²) in [4.78, 5) is 0. The van der Waals surface area contributed by atoms with Crippen LogP contribution in [0.25, 0.3) is 22.3 Å². The van der Waals surface area contributed by atoms with Gasteiger partial charge in [0.15, 0.2) is 28.7 Å². The molecule has 0 unspecified atom stereocenters. The van der Waals surface area contributed by atoms with Gasteiger partial charge in [-0.15, -0.1) is 0 Å². The Hall–Kier alpha value is -3.75. The molecular formula is C27H31O17+. The van der Waals surface area contributed by atoms with Gasteiger partial charge in [0.2, 0.25) is 18.3 Å². The Labute approximate surface area is 246 Å². The van der Waals surface area contributed by atoms with Gasteiger partial charge in [-0.25, -0.2) is 4.42 Å².